The van der Waals surface area contributed by atoms with E-state index >= 15 is 0 Å². The maximum atomic E-state index is 13.3. The largest absolute Gasteiger partial charge is 0.497 e. The molecule has 3 aromatic rings. The van der Waals surface area contributed by atoms with Gasteiger partial charge in [0.1, 0.15) is 11.5 Å². The van der Waals surface area contributed by atoms with E-state index in [9.17, 15) is 13.2 Å². The van der Waals surface area contributed by atoms with E-state index in [-0.39, 0.29) is 11.7 Å². The van der Waals surface area contributed by atoms with Crippen LogP contribution >= 0.6 is 23.6 Å². The number of carbonyl (C=O) groups is 1. The van der Waals surface area contributed by atoms with Crippen LogP contribution in [-0.4, -0.2) is 49.7 Å². The first-order valence-electron chi connectivity index (χ1n) is 9.33. The fraction of sp³-hybridized carbons (Fsp3) is 0.190. The molecule has 1 aliphatic rings. The van der Waals surface area contributed by atoms with Gasteiger partial charge in [0, 0.05) is 19.3 Å². The minimum atomic E-state index is -3.72. The molecule has 1 unspecified atom stereocenters. The molecule has 1 aliphatic heterocycles. The average molecular weight is 490 g/mol. The average Bonchev–Trinajstić information content (AvgIpc) is 3.36. The van der Waals surface area contributed by atoms with Crippen LogP contribution in [0.1, 0.15) is 10.4 Å². The van der Waals surface area contributed by atoms with Crippen molar-refractivity contribution < 1.29 is 22.1 Å². The summed E-state index contributed by atoms with van der Waals surface area (Å²) in [4.78, 5) is 19.6. The smallest absolute Gasteiger partial charge is 0.306 e. The molecular weight excluding hydrogens is 470 g/mol. The maximum Gasteiger partial charge on any atom is 0.306 e. The van der Waals surface area contributed by atoms with Crippen molar-refractivity contribution in [2.24, 2.45) is 0 Å². The van der Waals surface area contributed by atoms with Gasteiger partial charge in [-0.05, 0) is 47.1 Å². The number of nitrogens with zero attached hydrogens (tertiary/aromatic N) is 2. The Balaban J connectivity index is 1.86. The maximum absolute atomic E-state index is 13.3. The molecule has 1 fully saturated rings. The number of aromatic nitrogens is 1. The number of nitrogens with one attached hydrogen (secondary N) is 1. The first kappa shape index (κ1) is 22.2. The standard InChI is InChI=1S/C21H19N3O5S3/c1-24-19(25)21(23-20(24)30,18-11-22-12-31-18)15-6-4-5-13(7-15)14-8-16(28-2)10-17(9-14)29-32(3,26)27/h4-12H,1-3H3,(H,23,30). The molecule has 4 rings (SSSR count). The van der Waals surface area contributed by atoms with Gasteiger partial charge in [-0.2, -0.15) is 8.42 Å². The van der Waals surface area contributed by atoms with Gasteiger partial charge >= 0.3 is 10.1 Å². The predicted octanol–water partition coefficient (Wildman–Crippen LogP) is 2.75. The van der Waals surface area contributed by atoms with Crippen molar-refractivity contribution in [3.8, 4) is 22.6 Å². The molecule has 1 aromatic heterocycles. The number of thiazole rings is 1. The molecule has 0 spiro atoms. The lowest BCUT2D eigenvalue weighted by Gasteiger charge is -2.26. The summed E-state index contributed by atoms with van der Waals surface area (Å²) < 4.78 is 33.6. The van der Waals surface area contributed by atoms with Gasteiger partial charge in [0.05, 0.1) is 23.8 Å². The summed E-state index contributed by atoms with van der Waals surface area (Å²) in [6.45, 7) is 0. The number of benzene rings is 2. The zero-order valence-corrected chi connectivity index (χ0v) is 19.8. The van der Waals surface area contributed by atoms with Crippen LogP contribution in [0.3, 0.4) is 0 Å². The van der Waals surface area contributed by atoms with E-state index in [0.717, 1.165) is 11.8 Å². The van der Waals surface area contributed by atoms with Gasteiger partial charge in [0.2, 0.25) is 0 Å². The molecule has 8 nitrogen and oxygen atoms in total. The van der Waals surface area contributed by atoms with Crippen molar-refractivity contribution >= 4 is 44.7 Å². The fourth-order valence-corrected chi connectivity index (χ4v) is 5.03. The van der Waals surface area contributed by atoms with E-state index in [4.69, 9.17) is 21.1 Å². The number of hydrogen-bond acceptors (Lipinski definition) is 8. The number of amides is 1. The summed E-state index contributed by atoms with van der Waals surface area (Å²) in [5.74, 6) is 0.343. The Labute approximate surface area is 194 Å². The monoisotopic (exact) mass is 489 g/mol. The first-order chi connectivity index (χ1) is 15.1. The second-order valence-corrected chi connectivity index (χ2v) is 10.0. The van der Waals surface area contributed by atoms with Gasteiger partial charge in [-0.15, -0.1) is 11.3 Å². The third kappa shape index (κ3) is 3.94. The Morgan fingerprint density at radius 2 is 1.91 bits per heavy atom. The van der Waals surface area contributed by atoms with Crippen molar-refractivity contribution in [1.29, 1.82) is 0 Å². The van der Waals surface area contributed by atoms with E-state index < -0.39 is 15.7 Å². The van der Waals surface area contributed by atoms with E-state index in [0.29, 0.717) is 26.9 Å². The summed E-state index contributed by atoms with van der Waals surface area (Å²) in [6.07, 6.45) is 2.62. The van der Waals surface area contributed by atoms with Gasteiger partial charge in [-0.1, -0.05) is 18.2 Å². The lowest BCUT2D eigenvalue weighted by atomic mass is 9.86. The minimum absolute atomic E-state index is 0.125. The zero-order valence-electron chi connectivity index (χ0n) is 17.4. The molecule has 32 heavy (non-hydrogen) atoms. The van der Waals surface area contributed by atoms with Crippen molar-refractivity contribution in [2.75, 3.05) is 20.4 Å². The van der Waals surface area contributed by atoms with E-state index in [1.165, 1.54) is 29.4 Å². The molecule has 2 heterocycles. The van der Waals surface area contributed by atoms with Crippen molar-refractivity contribution in [3.63, 3.8) is 0 Å². The highest BCUT2D eigenvalue weighted by molar-refractivity contribution is 7.86. The van der Waals surface area contributed by atoms with Gasteiger partial charge in [-0.25, -0.2) is 0 Å². The van der Waals surface area contributed by atoms with Crippen molar-refractivity contribution in [3.05, 3.63) is 64.6 Å². The SMILES string of the molecule is COc1cc(OS(C)(=O)=O)cc(-c2cccc(C3(c4cncs4)NC(=S)N(C)C3=O)c2)c1. The number of methoxy groups -OCH3 is 1. The number of thiocarbonyl (C=S) groups is 1. The minimum Gasteiger partial charge on any atom is -0.497 e. The highest BCUT2D eigenvalue weighted by Gasteiger charge is 2.52. The normalized spacial score (nSPS) is 18.5. The van der Waals surface area contributed by atoms with Gasteiger partial charge in [0.15, 0.2) is 10.7 Å². The Morgan fingerprint density at radius 3 is 2.50 bits per heavy atom. The zero-order chi connectivity index (χ0) is 23.1. The Kier molecular flexibility index (Phi) is 5.65. The third-order valence-corrected chi connectivity index (χ3v) is 6.78. The molecule has 1 atom stereocenters. The van der Waals surface area contributed by atoms with Crippen molar-refractivity contribution in [2.45, 2.75) is 5.54 Å². The molecule has 0 aliphatic carbocycles. The summed E-state index contributed by atoms with van der Waals surface area (Å²) in [6, 6.07) is 12.2. The predicted molar refractivity (Wildman–Crippen MR) is 125 cm³/mol. The Morgan fingerprint density at radius 1 is 1.16 bits per heavy atom. The molecule has 1 amide bonds. The van der Waals surface area contributed by atoms with Gasteiger partial charge in [0.25, 0.3) is 5.91 Å². The number of likely N-dealkylation sites (N-methyl/N-ethyl adjacent to an activating group) is 1. The molecule has 166 valence electrons. The lowest BCUT2D eigenvalue weighted by Crippen LogP contribution is -2.44. The number of hydrogen-bond donors (Lipinski definition) is 1. The second-order valence-electron chi connectivity index (χ2n) is 7.18. The van der Waals surface area contributed by atoms with Crippen LogP contribution in [0.5, 0.6) is 11.5 Å². The number of rotatable bonds is 6. The molecule has 0 saturated carbocycles. The Bertz CT molecular complexity index is 1310. The number of ether oxygens (including phenoxy) is 1. The van der Waals surface area contributed by atoms with Crippen LogP contribution in [0.25, 0.3) is 11.1 Å². The van der Waals surface area contributed by atoms with Crippen LogP contribution in [0.15, 0.2) is 54.2 Å². The van der Waals surface area contributed by atoms with Crippen LogP contribution in [0.2, 0.25) is 0 Å². The second kappa shape index (κ2) is 8.15. The van der Waals surface area contributed by atoms with Gasteiger partial charge < -0.3 is 14.2 Å². The van der Waals surface area contributed by atoms with Gasteiger partial charge in [-0.3, -0.25) is 14.7 Å². The highest BCUT2D eigenvalue weighted by atomic mass is 32.2. The van der Waals surface area contributed by atoms with Crippen molar-refractivity contribution in [1.82, 2.24) is 15.2 Å². The van der Waals surface area contributed by atoms with Crippen LogP contribution in [0, 0.1) is 0 Å². The molecule has 1 N–H and O–H groups in total. The van der Waals surface area contributed by atoms with E-state index in [2.05, 4.69) is 10.3 Å². The lowest BCUT2D eigenvalue weighted by molar-refractivity contribution is -0.129. The third-order valence-electron chi connectivity index (χ3n) is 5.02. The molecule has 2 aromatic carbocycles. The van der Waals surface area contributed by atoms with E-state index in [1.807, 2.05) is 24.3 Å². The number of carbonyl (C=O) groups excluding carboxylic acids is 1. The molecule has 0 bridgehead atoms. The summed E-state index contributed by atoms with van der Waals surface area (Å²) in [5.41, 5.74) is 2.52. The van der Waals surface area contributed by atoms with Crippen LogP contribution in [0.4, 0.5) is 0 Å². The van der Waals surface area contributed by atoms with Crippen LogP contribution in [-0.2, 0) is 20.5 Å². The highest BCUT2D eigenvalue weighted by Crippen LogP contribution is 2.39. The van der Waals surface area contributed by atoms with Crippen LogP contribution < -0.4 is 14.2 Å². The summed E-state index contributed by atoms with van der Waals surface area (Å²) in [7, 11) is -0.608. The first-order valence-corrected chi connectivity index (χ1v) is 12.4. The summed E-state index contributed by atoms with van der Waals surface area (Å²) >= 11 is 6.71. The quantitative estimate of drug-likeness (QED) is 0.417. The molecule has 0 radical (unpaired) electrons. The fourth-order valence-electron chi connectivity index (χ4n) is 3.56. The molecular formula is C21H19N3O5S3. The Hall–Kier alpha value is -3.02. The van der Waals surface area contributed by atoms with E-state index in [1.54, 1.807) is 30.9 Å². The molecule has 11 heteroatoms. The topological polar surface area (TPSA) is 97.8 Å². The summed E-state index contributed by atoms with van der Waals surface area (Å²) in [5, 5.41) is 3.50. The molecule has 1 saturated heterocycles.